The summed E-state index contributed by atoms with van der Waals surface area (Å²) in [7, 11) is 0. The van der Waals surface area contributed by atoms with Gasteiger partial charge in [-0.15, -0.1) is 0 Å². The van der Waals surface area contributed by atoms with E-state index in [0.29, 0.717) is 17.8 Å². The monoisotopic (exact) mass is 282 g/mol. The van der Waals surface area contributed by atoms with Crippen LogP contribution < -0.4 is 5.32 Å². The van der Waals surface area contributed by atoms with Gasteiger partial charge in [-0.2, -0.15) is 5.10 Å². The normalized spacial score (nSPS) is 10.7. The predicted molar refractivity (Wildman–Crippen MR) is 76.6 cm³/mol. The van der Waals surface area contributed by atoms with Crippen LogP contribution in [0, 0.1) is 0 Å². The Kier molecular flexibility index (Phi) is 3.81. The predicted octanol–water partition coefficient (Wildman–Crippen LogP) is 1.11. The van der Waals surface area contributed by atoms with Gasteiger partial charge < -0.3 is 5.32 Å². The van der Waals surface area contributed by atoms with E-state index in [0.717, 1.165) is 24.2 Å². The fourth-order valence-corrected chi connectivity index (χ4v) is 1.97. The van der Waals surface area contributed by atoms with E-state index in [-0.39, 0.29) is 5.91 Å². The van der Waals surface area contributed by atoms with E-state index in [1.165, 1.54) is 12.5 Å². The summed E-state index contributed by atoms with van der Waals surface area (Å²) in [4.78, 5) is 24.5. The van der Waals surface area contributed by atoms with Crippen molar-refractivity contribution in [2.45, 2.75) is 12.8 Å². The molecule has 1 amide bonds. The number of hydrogen-bond donors (Lipinski definition) is 2. The molecule has 2 aromatic heterocycles. The Labute approximate surface area is 120 Å². The minimum atomic E-state index is -0.217. The van der Waals surface area contributed by atoms with Crippen molar-refractivity contribution in [2.75, 3.05) is 6.54 Å². The van der Waals surface area contributed by atoms with E-state index in [1.54, 1.807) is 0 Å². The van der Waals surface area contributed by atoms with Gasteiger partial charge in [-0.05, 0) is 18.6 Å². The van der Waals surface area contributed by atoms with Gasteiger partial charge in [-0.3, -0.25) is 14.9 Å². The van der Waals surface area contributed by atoms with E-state index in [9.17, 15) is 4.79 Å². The summed E-state index contributed by atoms with van der Waals surface area (Å²) in [6.45, 7) is 0.550. The summed E-state index contributed by atoms with van der Waals surface area (Å²) in [5, 5.41) is 9.37. The molecule has 3 rings (SSSR count). The van der Waals surface area contributed by atoms with Crippen molar-refractivity contribution in [2.24, 2.45) is 0 Å². The Bertz CT molecular complexity index is 740. The van der Waals surface area contributed by atoms with E-state index >= 15 is 0 Å². The highest BCUT2D eigenvalue weighted by atomic mass is 16.1. The first-order valence-corrected chi connectivity index (χ1v) is 6.67. The third-order valence-electron chi connectivity index (χ3n) is 3.02. The van der Waals surface area contributed by atoms with Crippen LogP contribution in [0.15, 0.2) is 36.8 Å². The molecular weight excluding hydrogens is 268 g/mol. The van der Waals surface area contributed by atoms with E-state index in [1.807, 2.05) is 24.3 Å². The lowest BCUT2D eigenvalue weighted by molar-refractivity contribution is 0.0948. The maximum absolute atomic E-state index is 12.0. The molecule has 2 N–H and O–H groups in total. The number of benzene rings is 1. The summed E-state index contributed by atoms with van der Waals surface area (Å²) in [6, 6.07) is 7.46. The first-order valence-electron chi connectivity index (χ1n) is 6.67. The van der Waals surface area contributed by atoms with Crippen molar-refractivity contribution in [3.05, 3.63) is 48.3 Å². The van der Waals surface area contributed by atoms with Gasteiger partial charge in [0.15, 0.2) is 0 Å². The Morgan fingerprint density at radius 1 is 1.19 bits per heavy atom. The standard InChI is InChI=1S/C14H14N6O/c21-14(15-7-3-6-13-17-9-18-20-13)12-8-16-10-4-1-2-5-11(10)19-12/h1-2,4-5,8-9H,3,6-7H2,(H,15,21)(H,17,18,20). The van der Waals surface area contributed by atoms with Crippen LogP contribution >= 0.6 is 0 Å². The number of aromatic amines is 1. The molecule has 0 radical (unpaired) electrons. The Morgan fingerprint density at radius 3 is 2.86 bits per heavy atom. The van der Waals surface area contributed by atoms with Crippen LogP contribution in [0.3, 0.4) is 0 Å². The number of nitrogens with zero attached hydrogens (tertiary/aromatic N) is 4. The topological polar surface area (TPSA) is 96.5 Å². The summed E-state index contributed by atoms with van der Waals surface area (Å²) in [6.07, 6.45) is 4.48. The van der Waals surface area contributed by atoms with Crippen LogP contribution in [0.4, 0.5) is 0 Å². The molecule has 0 saturated carbocycles. The largest absolute Gasteiger partial charge is 0.351 e. The van der Waals surface area contributed by atoms with Crippen LogP contribution in [-0.4, -0.2) is 37.6 Å². The average Bonchev–Trinajstić information content (AvgIpc) is 3.04. The van der Waals surface area contributed by atoms with E-state index in [2.05, 4.69) is 30.5 Å². The molecule has 0 fully saturated rings. The minimum absolute atomic E-state index is 0.217. The van der Waals surface area contributed by atoms with Crippen molar-refractivity contribution >= 4 is 16.9 Å². The van der Waals surface area contributed by atoms with Crippen LogP contribution in [0.5, 0.6) is 0 Å². The fraction of sp³-hybridized carbons (Fsp3) is 0.214. The van der Waals surface area contributed by atoms with Crippen molar-refractivity contribution in [3.63, 3.8) is 0 Å². The number of carbonyl (C=O) groups is 1. The molecule has 1 aromatic carbocycles. The smallest absolute Gasteiger partial charge is 0.271 e. The Morgan fingerprint density at radius 2 is 2.05 bits per heavy atom. The van der Waals surface area contributed by atoms with Gasteiger partial charge in [0.2, 0.25) is 0 Å². The number of aryl methyl sites for hydroxylation is 1. The molecule has 0 saturated heterocycles. The summed E-state index contributed by atoms with van der Waals surface area (Å²) >= 11 is 0. The first kappa shape index (κ1) is 13.2. The number of fused-ring (bicyclic) bond motifs is 1. The van der Waals surface area contributed by atoms with Gasteiger partial charge in [-0.25, -0.2) is 9.97 Å². The number of hydrogen-bond acceptors (Lipinski definition) is 5. The van der Waals surface area contributed by atoms with Crippen LogP contribution in [-0.2, 0) is 6.42 Å². The zero-order valence-corrected chi connectivity index (χ0v) is 11.3. The highest BCUT2D eigenvalue weighted by molar-refractivity contribution is 5.93. The summed E-state index contributed by atoms with van der Waals surface area (Å²) in [5.74, 6) is 0.598. The van der Waals surface area contributed by atoms with Gasteiger partial charge in [0.05, 0.1) is 17.2 Å². The van der Waals surface area contributed by atoms with Crippen molar-refractivity contribution in [1.29, 1.82) is 0 Å². The van der Waals surface area contributed by atoms with Crippen molar-refractivity contribution in [3.8, 4) is 0 Å². The lowest BCUT2D eigenvalue weighted by Gasteiger charge is -2.04. The van der Waals surface area contributed by atoms with Gasteiger partial charge in [0, 0.05) is 13.0 Å². The van der Waals surface area contributed by atoms with Gasteiger partial charge in [0.25, 0.3) is 5.91 Å². The number of nitrogens with one attached hydrogen (secondary N) is 2. The second-order valence-corrected chi connectivity index (χ2v) is 4.54. The third-order valence-corrected chi connectivity index (χ3v) is 3.02. The number of H-pyrrole nitrogens is 1. The first-order chi connectivity index (χ1) is 10.3. The molecule has 7 heteroatoms. The van der Waals surface area contributed by atoms with Gasteiger partial charge in [0.1, 0.15) is 17.8 Å². The highest BCUT2D eigenvalue weighted by Gasteiger charge is 2.08. The second-order valence-electron chi connectivity index (χ2n) is 4.54. The molecule has 3 aromatic rings. The van der Waals surface area contributed by atoms with Crippen molar-refractivity contribution in [1.82, 2.24) is 30.5 Å². The maximum atomic E-state index is 12.0. The average molecular weight is 282 g/mol. The number of amides is 1. The summed E-state index contributed by atoms with van der Waals surface area (Å²) in [5.41, 5.74) is 1.82. The zero-order chi connectivity index (χ0) is 14.5. The molecule has 7 nitrogen and oxygen atoms in total. The fourth-order valence-electron chi connectivity index (χ4n) is 1.97. The summed E-state index contributed by atoms with van der Waals surface area (Å²) < 4.78 is 0. The second kappa shape index (κ2) is 6.08. The van der Waals surface area contributed by atoms with Crippen LogP contribution in [0.1, 0.15) is 22.7 Å². The molecule has 0 aliphatic carbocycles. The molecule has 0 unspecified atom stereocenters. The molecule has 0 aliphatic heterocycles. The molecular formula is C14H14N6O. The highest BCUT2D eigenvalue weighted by Crippen LogP contribution is 2.08. The van der Waals surface area contributed by atoms with Gasteiger partial charge in [-0.1, -0.05) is 12.1 Å². The quantitative estimate of drug-likeness (QED) is 0.683. The van der Waals surface area contributed by atoms with Crippen molar-refractivity contribution < 1.29 is 4.79 Å². The molecule has 2 heterocycles. The molecule has 21 heavy (non-hydrogen) atoms. The zero-order valence-electron chi connectivity index (χ0n) is 11.3. The number of para-hydroxylation sites is 2. The van der Waals surface area contributed by atoms with E-state index in [4.69, 9.17) is 0 Å². The number of rotatable bonds is 5. The van der Waals surface area contributed by atoms with Gasteiger partial charge >= 0.3 is 0 Å². The maximum Gasteiger partial charge on any atom is 0.271 e. The minimum Gasteiger partial charge on any atom is -0.351 e. The Balaban J connectivity index is 1.56. The van der Waals surface area contributed by atoms with Crippen LogP contribution in [0.25, 0.3) is 11.0 Å². The molecule has 0 bridgehead atoms. The lowest BCUT2D eigenvalue weighted by Crippen LogP contribution is -2.26. The Hall–Kier alpha value is -2.83. The van der Waals surface area contributed by atoms with Crippen LogP contribution in [0.2, 0.25) is 0 Å². The lowest BCUT2D eigenvalue weighted by atomic mass is 10.2. The number of carbonyl (C=O) groups excluding carboxylic acids is 1. The molecule has 106 valence electrons. The molecule has 0 aliphatic rings. The SMILES string of the molecule is O=C(NCCCc1ncn[nH]1)c1cnc2ccccc2n1. The molecule has 0 atom stereocenters. The third kappa shape index (κ3) is 3.19. The molecule has 0 spiro atoms. The number of aromatic nitrogens is 5. The van der Waals surface area contributed by atoms with E-state index < -0.39 is 0 Å².